The van der Waals surface area contributed by atoms with E-state index in [1.54, 1.807) is 30.5 Å². The largest absolute Gasteiger partial charge is 0.490 e. The van der Waals surface area contributed by atoms with Crippen molar-refractivity contribution in [3.05, 3.63) is 59.2 Å². The van der Waals surface area contributed by atoms with Crippen molar-refractivity contribution in [2.24, 2.45) is 5.10 Å². The molecule has 8 heteroatoms. The summed E-state index contributed by atoms with van der Waals surface area (Å²) in [6, 6.07) is 12.6. The van der Waals surface area contributed by atoms with Crippen LogP contribution in [0.1, 0.15) is 47.7 Å². The van der Waals surface area contributed by atoms with Crippen molar-refractivity contribution >= 4 is 36.2 Å². The summed E-state index contributed by atoms with van der Waals surface area (Å²) in [5.74, 6) is -0.379. The molecule has 7 nitrogen and oxygen atoms in total. The van der Waals surface area contributed by atoms with Crippen LogP contribution in [0.2, 0.25) is 0 Å². The SMILES string of the molecule is CCCNN=Cc1ccc(C(=O)Nc2ccc3c(c2)CCC(CC(=O)O)O3)cc1.Cl. The summed E-state index contributed by atoms with van der Waals surface area (Å²) in [5.41, 5.74) is 6.06. The number of ether oxygens (including phenoxy) is 1. The van der Waals surface area contributed by atoms with Crippen molar-refractivity contribution < 1.29 is 19.4 Å². The van der Waals surface area contributed by atoms with Crippen LogP contribution in [0.5, 0.6) is 5.75 Å². The molecule has 1 aliphatic heterocycles. The van der Waals surface area contributed by atoms with E-state index < -0.39 is 5.97 Å². The Kier molecular flexibility index (Phi) is 8.68. The van der Waals surface area contributed by atoms with Gasteiger partial charge in [-0.25, -0.2) is 0 Å². The average molecular weight is 432 g/mol. The highest BCUT2D eigenvalue weighted by Crippen LogP contribution is 2.31. The molecule has 0 fully saturated rings. The van der Waals surface area contributed by atoms with E-state index in [1.165, 1.54) is 0 Å². The van der Waals surface area contributed by atoms with Crippen LogP contribution in [0.15, 0.2) is 47.6 Å². The highest BCUT2D eigenvalue weighted by atomic mass is 35.5. The number of aryl methyl sites for hydroxylation is 1. The zero-order chi connectivity index (χ0) is 20.6. The van der Waals surface area contributed by atoms with Gasteiger partial charge in [-0.3, -0.25) is 9.59 Å². The molecule has 1 atom stereocenters. The maximum atomic E-state index is 12.5. The van der Waals surface area contributed by atoms with Crippen molar-refractivity contribution in [1.82, 2.24) is 5.43 Å². The molecule has 2 aromatic carbocycles. The van der Waals surface area contributed by atoms with Crippen molar-refractivity contribution in [2.45, 2.75) is 38.7 Å². The number of hydrogen-bond donors (Lipinski definition) is 3. The zero-order valence-corrected chi connectivity index (χ0v) is 17.6. The smallest absolute Gasteiger partial charge is 0.307 e. The molecular formula is C22H26ClN3O4. The number of carboxylic acid groups (broad SMARTS) is 1. The van der Waals surface area contributed by atoms with Crippen LogP contribution in [0.25, 0.3) is 0 Å². The Morgan fingerprint density at radius 3 is 2.70 bits per heavy atom. The maximum absolute atomic E-state index is 12.5. The van der Waals surface area contributed by atoms with Gasteiger partial charge in [0, 0.05) is 17.8 Å². The first-order valence-electron chi connectivity index (χ1n) is 9.74. The summed E-state index contributed by atoms with van der Waals surface area (Å²) in [6.45, 7) is 2.89. The molecule has 0 saturated heterocycles. The Bertz CT molecular complexity index is 900. The summed E-state index contributed by atoms with van der Waals surface area (Å²) in [6.07, 6.45) is 3.78. The number of nitrogens with zero attached hydrogens (tertiary/aromatic N) is 1. The normalized spacial score (nSPS) is 14.9. The van der Waals surface area contributed by atoms with Crippen LogP contribution >= 0.6 is 12.4 Å². The predicted octanol–water partition coefficient (Wildman–Crippen LogP) is 3.86. The van der Waals surface area contributed by atoms with E-state index in [0.29, 0.717) is 23.4 Å². The van der Waals surface area contributed by atoms with Gasteiger partial charge in [0.15, 0.2) is 0 Å². The number of hydrogen-bond acceptors (Lipinski definition) is 5. The Morgan fingerprint density at radius 1 is 1.23 bits per heavy atom. The second kappa shape index (κ2) is 11.2. The number of rotatable bonds is 8. The van der Waals surface area contributed by atoms with Crippen LogP contribution in [0, 0.1) is 0 Å². The standard InChI is InChI=1S/C22H25N3O4.ClH/c1-2-11-23-24-14-15-3-5-16(6-4-15)22(28)25-18-8-10-20-17(12-18)7-9-19(29-20)13-21(26)27;/h3-6,8,10,12,14,19,23H,2,7,9,11,13H2,1H3,(H,25,28)(H,26,27);1H. The number of aliphatic carboxylic acids is 1. The number of carboxylic acids is 1. The fourth-order valence-electron chi connectivity index (χ4n) is 3.08. The first-order valence-corrected chi connectivity index (χ1v) is 9.74. The first-order chi connectivity index (χ1) is 14.0. The minimum atomic E-state index is -0.864. The van der Waals surface area contributed by atoms with Crippen molar-refractivity contribution in [2.75, 3.05) is 11.9 Å². The lowest BCUT2D eigenvalue weighted by Gasteiger charge is -2.25. The summed E-state index contributed by atoms with van der Waals surface area (Å²) in [7, 11) is 0. The molecule has 1 amide bonds. The average Bonchev–Trinajstić information content (AvgIpc) is 2.71. The highest BCUT2D eigenvalue weighted by molar-refractivity contribution is 6.04. The number of hydrazone groups is 1. The topological polar surface area (TPSA) is 100 Å². The van der Waals surface area contributed by atoms with Gasteiger partial charge < -0.3 is 20.6 Å². The molecule has 1 unspecified atom stereocenters. The fourth-order valence-corrected chi connectivity index (χ4v) is 3.08. The van der Waals surface area contributed by atoms with E-state index in [0.717, 1.165) is 30.5 Å². The van der Waals surface area contributed by atoms with E-state index in [4.69, 9.17) is 9.84 Å². The lowest BCUT2D eigenvalue weighted by molar-refractivity contribution is -0.139. The summed E-state index contributed by atoms with van der Waals surface area (Å²) in [5, 5.41) is 15.9. The van der Waals surface area contributed by atoms with Gasteiger partial charge in [0.05, 0.1) is 12.6 Å². The van der Waals surface area contributed by atoms with Crippen molar-refractivity contribution in [3.63, 3.8) is 0 Å². The lowest BCUT2D eigenvalue weighted by atomic mass is 10.00. The summed E-state index contributed by atoms with van der Waals surface area (Å²) < 4.78 is 5.74. The molecule has 1 aliphatic rings. The van der Waals surface area contributed by atoms with Crippen LogP contribution in [0.3, 0.4) is 0 Å². The monoisotopic (exact) mass is 431 g/mol. The fraction of sp³-hybridized carbons (Fsp3) is 0.318. The Morgan fingerprint density at radius 2 is 2.00 bits per heavy atom. The zero-order valence-electron chi connectivity index (χ0n) is 16.8. The quantitative estimate of drug-likeness (QED) is 0.335. The van der Waals surface area contributed by atoms with Gasteiger partial charge in [-0.2, -0.15) is 5.10 Å². The molecule has 0 aromatic heterocycles. The van der Waals surface area contributed by atoms with Gasteiger partial charge in [0.1, 0.15) is 11.9 Å². The number of halogens is 1. The first kappa shape index (κ1) is 23.2. The molecule has 3 rings (SSSR count). The van der Waals surface area contributed by atoms with Crippen molar-refractivity contribution in [3.8, 4) is 5.75 Å². The van der Waals surface area contributed by atoms with E-state index in [-0.39, 0.29) is 30.8 Å². The van der Waals surface area contributed by atoms with E-state index in [9.17, 15) is 9.59 Å². The Balaban J connectivity index is 0.00000320. The number of carbonyl (C=O) groups excluding carboxylic acids is 1. The maximum Gasteiger partial charge on any atom is 0.307 e. The summed E-state index contributed by atoms with van der Waals surface area (Å²) in [4.78, 5) is 23.4. The van der Waals surface area contributed by atoms with Gasteiger partial charge in [-0.1, -0.05) is 19.1 Å². The van der Waals surface area contributed by atoms with Crippen LogP contribution in [0.4, 0.5) is 5.69 Å². The number of carbonyl (C=O) groups is 2. The molecule has 160 valence electrons. The van der Waals surface area contributed by atoms with E-state index >= 15 is 0 Å². The van der Waals surface area contributed by atoms with Gasteiger partial charge in [-0.05, 0) is 60.7 Å². The molecule has 1 heterocycles. The van der Waals surface area contributed by atoms with Gasteiger partial charge in [-0.15, -0.1) is 12.4 Å². The Labute approximate surface area is 181 Å². The molecule has 30 heavy (non-hydrogen) atoms. The lowest BCUT2D eigenvalue weighted by Crippen LogP contribution is -2.25. The summed E-state index contributed by atoms with van der Waals surface area (Å²) >= 11 is 0. The molecule has 2 aromatic rings. The number of amides is 1. The van der Waals surface area contributed by atoms with Gasteiger partial charge in [0.2, 0.25) is 0 Å². The number of fused-ring (bicyclic) bond motifs is 1. The number of anilines is 1. The second-order valence-corrected chi connectivity index (χ2v) is 6.94. The number of nitrogens with one attached hydrogen (secondary N) is 2. The highest BCUT2D eigenvalue weighted by Gasteiger charge is 2.22. The predicted molar refractivity (Wildman–Crippen MR) is 119 cm³/mol. The minimum Gasteiger partial charge on any atom is -0.490 e. The van der Waals surface area contributed by atoms with Crippen LogP contribution < -0.4 is 15.5 Å². The molecule has 0 radical (unpaired) electrons. The Hall–Kier alpha value is -3.06. The molecular weight excluding hydrogens is 406 g/mol. The van der Waals surface area contributed by atoms with Crippen LogP contribution in [-0.2, 0) is 11.2 Å². The number of benzene rings is 2. The van der Waals surface area contributed by atoms with E-state index in [2.05, 4.69) is 22.8 Å². The van der Waals surface area contributed by atoms with Gasteiger partial charge >= 0.3 is 5.97 Å². The third-order valence-electron chi connectivity index (χ3n) is 4.59. The molecule has 0 aliphatic carbocycles. The molecule has 0 bridgehead atoms. The third kappa shape index (κ3) is 6.49. The van der Waals surface area contributed by atoms with E-state index in [1.807, 2.05) is 18.2 Å². The minimum absolute atomic E-state index is 0. The van der Waals surface area contributed by atoms with Gasteiger partial charge in [0.25, 0.3) is 5.91 Å². The van der Waals surface area contributed by atoms with Crippen molar-refractivity contribution in [1.29, 1.82) is 0 Å². The second-order valence-electron chi connectivity index (χ2n) is 6.94. The molecule has 0 saturated carbocycles. The third-order valence-corrected chi connectivity index (χ3v) is 4.59. The molecule has 0 spiro atoms. The van der Waals surface area contributed by atoms with Crippen LogP contribution in [-0.4, -0.2) is 35.8 Å². The molecule has 3 N–H and O–H groups in total.